The quantitative estimate of drug-likeness (QED) is 0.521. The van der Waals surface area contributed by atoms with Gasteiger partial charge in [-0.05, 0) is 23.3 Å². The monoisotopic (exact) mass is 344 g/mol. The van der Waals surface area contributed by atoms with Crippen LogP contribution in [-0.2, 0) is 17.8 Å². The van der Waals surface area contributed by atoms with Crippen molar-refractivity contribution in [1.29, 1.82) is 0 Å². The van der Waals surface area contributed by atoms with Crippen molar-refractivity contribution in [1.82, 2.24) is 5.43 Å². The first-order chi connectivity index (χ1) is 12.8. The third kappa shape index (κ3) is 5.31. The van der Waals surface area contributed by atoms with E-state index in [4.69, 9.17) is 4.74 Å². The highest BCUT2D eigenvalue weighted by molar-refractivity contribution is 5.85. The Bertz CT molecular complexity index is 862. The van der Waals surface area contributed by atoms with E-state index in [0.717, 1.165) is 22.4 Å². The predicted molar refractivity (Wildman–Crippen MR) is 103 cm³/mol. The van der Waals surface area contributed by atoms with Crippen molar-refractivity contribution >= 4 is 12.1 Å². The molecule has 0 atom stereocenters. The minimum atomic E-state index is -0.157. The van der Waals surface area contributed by atoms with Gasteiger partial charge in [0.1, 0.15) is 12.4 Å². The first-order valence-corrected chi connectivity index (χ1v) is 8.43. The molecule has 1 amide bonds. The van der Waals surface area contributed by atoms with Gasteiger partial charge < -0.3 is 4.74 Å². The van der Waals surface area contributed by atoms with Gasteiger partial charge in [-0.1, -0.05) is 72.8 Å². The van der Waals surface area contributed by atoms with E-state index in [1.807, 2.05) is 84.9 Å². The summed E-state index contributed by atoms with van der Waals surface area (Å²) in [7, 11) is 0. The molecule has 0 aliphatic rings. The molecule has 4 nitrogen and oxygen atoms in total. The van der Waals surface area contributed by atoms with Gasteiger partial charge in [0, 0.05) is 5.56 Å². The zero-order chi connectivity index (χ0) is 18.0. The molecule has 0 fully saturated rings. The lowest BCUT2D eigenvalue weighted by molar-refractivity contribution is -0.120. The number of carbonyl (C=O) groups is 1. The number of hydrazone groups is 1. The molecule has 3 aromatic carbocycles. The average molecular weight is 344 g/mol. The van der Waals surface area contributed by atoms with Crippen molar-refractivity contribution in [3.05, 3.63) is 102 Å². The van der Waals surface area contributed by atoms with Crippen LogP contribution in [0.5, 0.6) is 5.75 Å². The molecule has 130 valence electrons. The number of rotatable bonds is 7. The van der Waals surface area contributed by atoms with Gasteiger partial charge in [-0.2, -0.15) is 5.10 Å². The van der Waals surface area contributed by atoms with Crippen LogP contribution in [0.1, 0.15) is 16.7 Å². The molecular formula is C22H20N2O2. The lowest BCUT2D eigenvalue weighted by Gasteiger charge is -2.09. The molecule has 26 heavy (non-hydrogen) atoms. The predicted octanol–water partition coefficient (Wildman–Crippen LogP) is 3.96. The van der Waals surface area contributed by atoms with Gasteiger partial charge >= 0.3 is 0 Å². The molecule has 0 aliphatic heterocycles. The summed E-state index contributed by atoms with van der Waals surface area (Å²) in [4.78, 5) is 11.9. The molecule has 0 bridgehead atoms. The van der Waals surface area contributed by atoms with Crippen LogP contribution in [0, 0.1) is 0 Å². The summed E-state index contributed by atoms with van der Waals surface area (Å²) in [6.45, 7) is 0.478. The number of amides is 1. The van der Waals surface area contributed by atoms with Crippen LogP contribution in [0.25, 0.3) is 0 Å². The molecule has 0 saturated heterocycles. The molecule has 0 radical (unpaired) electrons. The minimum Gasteiger partial charge on any atom is -0.488 e. The smallest absolute Gasteiger partial charge is 0.244 e. The summed E-state index contributed by atoms with van der Waals surface area (Å²) in [5, 5.41) is 4.05. The largest absolute Gasteiger partial charge is 0.488 e. The highest BCUT2D eigenvalue weighted by atomic mass is 16.5. The summed E-state index contributed by atoms with van der Waals surface area (Å²) in [5.74, 6) is 0.563. The number of para-hydroxylation sites is 1. The van der Waals surface area contributed by atoms with Crippen LogP contribution in [-0.4, -0.2) is 12.1 Å². The number of carbonyl (C=O) groups excluding carboxylic acids is 1. The second-order valence-corrected chi connectivity index (χ2v) is 5.77. The van der Waals surface area contributed by atoms with E-state index in [-0.39, 0.29) is 5.91 Å². The standard InChI is InChI=1S/C22H20N2O2/c25-22(15-18-9-3-1-4-10-18)24-23-16-20-13-7-8-14-21(20)26-17-19-11-5-2-6-12-19/h1-14,16H,15,17H2,(H,24,25)/b23-16+. The fraction of sp³-hybridized carbons (Fsp3) is 0.0909. The first kappa shape index (κ1) is 17.4. The third-order valence-electron chi connectivity index (χ3n) is 3.76. The lowest BCUT2D eigenvalue weighted by Crippen LogP contribution is -2.19. The Hall–Kier alpha value is -3.40. The van der Waals surface area contributed by atoms with Crippen molar-refractivity contribution < 1.29 is 9.53 Å². The molecule has 0 aromatic heterocycles. The van der Waals surface area contributed by atoms with Gasteiger partial charge in [0.2, 0.25) is 5.91 Å². The summed E-state index contributed by atoms with van der Waals surface area (Å²) >= 11 is 0. The number of hydrogen-bond acceptors (Lipinski definition) is 3. The van der Waals surface area contributed by atoms with E-state index in [2.05, 4.69) is 10.5 Å². The van der Waals surface area contributed by atoms with Crippen LogP contribution in [0.3, 0.4) is 0 Å². The maximum atomic E-state index is 11.9. The van der Waals surface area contributed by atoms with E-state index >= 15 is 0 Å². The molecule has 0 aliphatic carbocycles. The number of nitrogens with zero attached hydrogens (tertiary/aromatic N) is 1. The lowest BCUT2D eigenvalue weighted by atomic mass is 10.1. The van der Waals surface area contributed by atoms with Crippen molar-refractivity contribution in [2.24, 2.45) is 5.10 Å². The molecule has 0 unspecified atom stereocenters. The van der Waals surface area contributed by atoms with Gasteiger partial charge in [0.05, 0.1) is 12.6 Å². The number of benzene rings is 3. The molecule has 1 N–H and O–H groups in total. The Balaban J connectivity index is 1.57. The van der Waals surface area contributed by atoms with Crippen LogP contribution < -0.4 is 10.2 Å². The molecule has 4 heteroatoms. The van der Waals surface area contributed by atoms with Crippen molar-refractivity contribution in [2.45, 2.75) is 13.0 Å². The summed E-state index contributed by atoms with van der Waals surface area (Å²) in [5.41, 5.74) is 5.41. The van der Waals surface area contributed by atoms with Crippen LogP contribution in [0.15, 0.2) is 90.0 Å². The van der Waals surface area contributed by atoms with E-state index in [0.29, 0.717) is 13.0 Å². The molecule has 3 rings (SSSR count). The Morgan fingerprint density at radius 3 is 2.19 bits per heavy atom. The fourth-order valence-corrected chi connectivity index (χ4v) is 2.45. The van der Waals surface area contributed by atoms with Gasteiger partial charge in [0.15, 0.2) is 0 Å². The Kier molecular flexibility index (Phi) is 6.15. The molecular weight excluding hydrogens is 324 g/mol. The van der Waals surface area contributed by atoms with E-state index in [9.17, 15) is 4.79 Å². The number of nitrogens with one attached hydrogen (secondary N) is 1. The van der Waals surface area contributed by atoms with Crippen molar-refractivity contribution in [3.63, 3.8) is 0 Å². The third-order valence-corrected chi connectivity index (χ3v) is 3.76. The van der Waals surface area contributed by atoms with Gasteiger partial charge in [-0.25, -0.2) is 5.43 Å². The zero-order valence-electron chi connectivity index (χ0n) is 14.3. The van der Waals surface area contributed by atoms with E-state index < -0.39 is 0 Å². The molecule has 0 heterocycles. The normalized spacial score (nSPS) is 10.6. The second-order valence-electron chi connectivity index (χ2n) is 5.77. The summed E-state index contributed by atoms with van der Waals surface area (Å²) in [6.07, 6.45) is 1.90. The zero-order valence-corrected chi connectivity index (χ0v) is 14.3. The number of ether oxygens (including phenoxy) is 1. The SMILES string of the molecule is O=C(Cc1ccccc1)N/N=C/c1ccccc1OCc1ccccc1. The maximum Gasteiger partial charge on any atom is 0.244 e. The highest BCUT2D eigenvalue weighted by Crippen LogP contribution is 2.17. The Morgan fingerprint density at radius 1 is 0.846 bits per heavy atom. The second kappa shape index (κ2) is 9.18. The van der Waals surface area contributed by atoms with Crippen LogP contribution >= 0.6 is 0 Å². The Labute approximate surface area is 153 Å². The van der Waals surface area contributed by atoms with Crippen LogP contribution in [0.4, 0.5) is 0 Å². The molecule has 0 saturated carbocycles. The van der Waals surface area contributed by atoms with Gasteiger partial charge in [-0.15, -0.1) is 0 Å². The molecule has 3 aromatic rings. The first-order valence-electron chi connectivity index (χ1n) is 8.43. The van der Waals surface area contributed by atoms with Gasteiger partial charge in [-0.3, -0.25) is 4.79 Å². The maximum absolute atomic E-state index is 11.9. The van der Waals surface area contributed by atoms with Crippen molar-refractivity contribution in [3.8, 4) is 5.75 Å². The van der Waals surface area contributed by atoms with E-state index in [1.165, 1.54) is 0 Å². The highest BCUT2D eigenvalue weighted by Gasteiger charge is 2.03. The summed E-state index contributed by atoms with van der Waals surface area (Å²) < 4.78 is 5.87. The van der Waals surface area contributed by atoms with Crippen molar-refractivity contribution in [2.75, 3.05) is 0 Å². The number of hydrogen-bond donors (Lipinski definition) is 1. The van der Waals surface area contributed by atoms with Gasteiger partial charge in [0.25, 0.3) is 0 Å². The minimum absolute atomic E-state index is 0.157. The van der Waals surface area contributed by atoms with Crippen LogP contribution in [0.2, 0.25) is 0 Å². The Morgan fingerprint density at radius 2 is 1.46 bits per heavy atom. The van der Waals surface area contributed by atoms with E-state index in [1.54, 1.807) is 6.21 Å². The topological polar surface area (TPSA) is 50.7 Å². The fourth-order valence-electron chi connectivity index (χ4n) is 2.45. The molecule has 0 spiro atoms. The summed E-state index contributed by atoms with van der Waals surface area (Å²) in [6, 6.07) is 27.1. The average Bonchev–Trinajstić information content (AvgIpc) is 2.69.